The van der Waals surface area contributed by atoms with Crippen LogP contribution in [0.1, 0.15) is 16.7 Å². The van der Waals surface area contributed by atoms with Gasteiger partial charge in [0.1, 0.15) is 0 Å². The first-order valence-electron chi connectivity index (χ1n) is 20.8. The van der Waals surface area contributed by atoms with E-state index < -0.39 is 23.5 Å². The molecule has 0 saturated heterocycles. The highest BCUT2D eigenvalue weighted by atomic mass is 19.4. The summed E-state index contributed by atoms with van der Waals surface area (Å²) in [6.45, 7) is 0. The Morgan fingerprint density at radius 2 is 0.894 bits per heavy atom. The standard InChI is InChI=1S/C55H31F6N5/c56-54(57,58)37-21-25-50-43(29-37)39-15-7-9-17-47(39)65(50)49-24-19-33(32-62)27-42(49)41-23-20-36(46-31-45(34-11-3-1-4-12-34)63-53(64-46)35-13-5-2-6-14-35)28-52(41)66-48-18-10-8-16-40(48)44-30-38(55(59,60)61)22-26-51(44)66/h1-31H. The number of fused-ring (bicyclic) bond motifs is 6. The lowest BCUT2D eigenvalue weighted by Gasteiger charge is -2.20. The van der Waals surface area contributed by atoms with Crippen LogP contribution in [0.25, 0.3) is 100 Å². The van der Waals surface area contributed by atoms with Gasteiger partial charge in [-0.05, 0) is 78.9 Å². The molecule has 0 aliphatic heterocycles. The maximum Gasteiger partial charge on any atom is 0.416 e. The summed E-state index contributed by atoms with van der Waals surface area (Å²) in [6, 6.07) is 56.2. The van der Waals surface area contributed by atoms with E-state index in [0.717, 1.165) is 35.4 Å². The lowest BCUT2D eigenvalue weighted by Crippen LogP contribution is -2.05. The Kier molecular flexibility index (Phi) is 9.37. The van der Waals surface area contributed by atoms with E-state index in [1.165, 1.54) is 12.1 Å². The second kappa shape index (κ2) is 15.3. The third-order valence-corrected chi connectivity index (χ3v) is 12.0. The van der Waals surface area contributed by atoms with Gasteiger partial charge in [0.15, 0.2) is 5.82 Å². The highest BCUT2D eigenvalue weighted by molar-refractivity contribution is 6.12. The second-order valence-electron chi connectivity index (χ2n) is 15.9. The molecule has 0 bridgehead atoms. The van der Waals surface area contributed by atoms with Gasteiger partial charge in [-0.2, -0.15) is 31.6 Å². The maximum absolute atomic E-state index is 14.3. The van der Waals surface area contributed by atoms with Gasteiger partial charge >= 0.3 is 12.4 Å². The monoisotopic (exact) mass is 875 g/mol. The molecule has 0 saturated carbocycles. The molecule has 0 radical (unpaired) electrons. The average molecular weight is 876 g/mol. The lowest BCUT2D eigenvalue weighted by atomic mass is 9.96. The van der Waals surface area contributed by atoms with Crippen molar-refractivity contribution in [2.45, 2.75) is 12.4 Å². The van der Waals surface area contributed by atoms with Crippen LogP contribution in [-0.4, -0.2) is 19.1 Å². The Balaban J connectivity index is 1.24. The summed E-state index contributed by atoms with van der Waals surface area (Å²) in [4.78, 5) is 10.1. The molecule has 0 amide bonds. The molecule has 11 heteroatoms. The number of nitrogens with zero attached hydrogens (tertiary/aromatic N) is 5. The third kappa shape index (κ3) is 6.82. The fourth-order valence-corrected chi connectivity index (χ4v) is 9.01. The van der Waals surface area contributed by atoms with Crippen molar-refractivity contribution >= 4 is 43.6 Å². The molecule has 0 fully saturated rings. The molecule has 3 heterocycles. The van der Waals surface area contributed by atoms with Gasteiger partial charge in [-0.3, -0.25) is 0 Å². The van der Waals surface area contributed by atoms with Crippen molar-refractivity contribution in [3.8, 4) is 62.5 Å². The van der Waals surface area contributed by atoms with Crippen LogP contribution in [0.2, 0.25) is 0 Å². The molecule has 5 nitrogen and oxygen atoms in total. The first-order valence-corrected chi connectivity index (χ1v) is 20.8. The molecular weight excluding hydrogens is 845 g/mol. The molecule has 0 atom stereocenters. The number of aromatic nitrogens is 4. The zero-order valence-electron chi connectivity index (χ0n) is 34.4. The van der Waals surface area contributed by atoms with Crippen LogP contribution in [0.4, 0.5) is 26.3 Å². The molecular formula is C55H31F6N5. The Bertz CT molecular complexity index is 3690. The van der Waals surface area contributed by atoms with Crippen molar-refractivity contribution < 1.29 is 26.3 Å². The fourth-order valence-electron chi connectivity index (χ4n) is 9.01. The van der Waals surface area contributed by atoms with E-state index in [-0.39, 0.29) is 0 Å². The summed E-state index contributed by atoms with van der Waals surface area (Å²) in [5, 5.41) is 12.3. The normalized spacial score (nSPS) is 12.1. The van der Waals surface area contributed by atoms with Gasteiger partial charge in [-0.15, -0.1) is 0 Å². The smallest absolute Gasteiger partial charge is 0.309 e. The molecule has 3 aromatic heterocycles. The molecule has 11 rings (SSSR count). The Hall–Kier alpha value is -8.49. The van der Waals surface area contributed by atoms with Gasteiger partial charge in [-0.1, -0.05) is 109 Å². The van der Waals surface area contributed by atoms with Gasteiger partial charge in [-0.25, -0.2) is 9.97 Å². The quantitative estimate of drug-likeness (QED) is 0.156. The van der Waals surface area contributed by atoms with Crippen LogP contribution in [0, 0.1) is 11.3 Å². The number of benzene rings is 8. The Labute approximate surface area is 372 Å². The van der Waals surface area contributed by atoms with Gasteiger partial charge < -0.3 is 9.13 Å². The van der Waals surface area contributed by atoms with Gasteiger partial charge in [0.2, 0.25) is 0 Å². The zero-order valence-corrected chi connectivity index (χ0v) is 34.4. The molecule has 0 unspecified atom stereocenters. The molecule has 0 aliphatic carbocycles. The predicted molar refractivity (Wildman–Crippen MR) is 247 cm³/mol. The van der Waals surface area contributed by atoms with E-state index in [9.17, 15) is 31.6 Å². The summed E-state index contributed by atoms with van der Waals surface area (Å²) in [5.41, 5.74) is 6.82. The zero-order chi connectivity index (χ0) is 45.3. The van der Waals surface area contributed by atoms with Crippen molar-refractivity contribution in [3.05, 3.63) is 205 Å². The van der Waals surface area contributed by atoms with E-state index >= 15 is 0 Å². The van der Waals surface area contributed by atoms with Crippen LogP contribution < -0.4 is 0 Å². The average Bonchev–Trinajstić information content (AvgIpc) is 3.85. The van der Waals surface area contributed by atoms with E-state index in [1.807, 2.05) is 118 Å². The van der Waals surface area contributed by atoms with Crippen molar-refractivity contribution in [3.63, 3.8) is 0 Å². The number of halogens is 6. The van der Waals surface area contributed by atoms with E-state index in [4.69, 9.17) is 9.97 Å². The first-order chi connectivity index (χ1) is 31.9. The Morgan fingerprint density at radius 1 is 0.394 bits per heavy atom. The van der Waals surface area contributed by atoms with Gasteiger partial charge in [0.25, 0.3) is 0 Å². The SMILES string of the molecule is N#Cc1ccc(-n2c3ccccc3c3cc(C(F)(F)F)ccc32)c(-c2ccc(-c3cc(-c4ccccc4)nc(-c4ccccc4)n3)cc2-n2c3ccccc3c3cc(C(F)(F)F)ccc32)c1. The lowest BCUT2D eigenvalue weighted by molar-refractivity contribution is -0.138. The minimum atomic E-state index is -4.60. The largest absolute Gasteiger partial charge is 0.416 e. The summed E-state index contributed by atoms with van der Waals surface area (Å²) in [6.07, 6.45) is -9.18. The van der Waals surface area contributed by atoms with E-state index in [0.29, 0.717) is 94.5 Å². The molecule has 11 aromatic rings. The van der Waals surface area contributed by atoms with Crippen molar-refractivity contribution in [2.75, 3.05) is 0 Å². The van der Waals surface area contributed by atoms with Crippen LogP contribution >= 0.6 is 0 Å². The summed E-state index contributed by atoms with van der Waals surface area (Å²) >= 11 is 0. The minimum Gasteiger partial charge on any atom is -0.309 e. The fraction of sp³-hybridized carbons (Fsp3) is 0.0364. The van der Waals surface area contributed by atoms with Gasteiger partial charge in [0, 0.05) is 49.4 Å². The van der Waals surface area contributed by atoms with E-state index in [1.54, 1.807) is 42.5 Å². The number of nitriles is 1. The predicted octanol–water partition coefficient (Wildman–Crippen LogP) is 15.2. The summed E-state index contributed by atoms with van der Waals surface area (Å²) in [7, 11) is 0. The second-order valence-corrected chi connectivity index (χ2v) is 15.9. The van der Waals surface area contributed by atoms with Crippen molar-refractivity contribution in [1.29, 1.82) is 5.26 Å². The number of rotatable bonds is 6. The van der Waals surface area contributed by atoms with Crippen LogP contribution in [0.15, 0.2) is 188 Å². The van der Waals surface area contributed by atoms with Crippen molar-refractivity contribution in [1.82, 2.24) is 19.1 Å². The minimum absolute atomic E-state index is 0.316. The van der Waals surface area contributed by atoms with Crippen LogP contribution in [-0.2, 0) is 12.4 Å². The third-order valence-electron chi connectivity index (χ3n) is 12.0. The number of hydrogen-bond acceptors (Lipinski definition) is 3. The Morgan fingerprint density at radius 3 is 1.45 bits per heavy atom. The first kappa shape index (κ1) is 40.3. The van der Waals surface area contributed by atoms with Crippen LogP contribution in [0.5, 0.6) is 0 Å². The number of para-hydroxylation sites is 2. The molecule has 66 heavy (non-hydrogen) atoms. The highest BCUT2D eigenvalue weighted by Crippen LogP contribution is 2.44. The van der Waals surface area contributed by atoms with E-state index in [2.05, 4.69) is 6.07 Å². The molecule has 318 valence electrons. The molecule has 8 aromatic carbocycles. The molecule has 0 spiro atoms. The molecule has 0 N–H and O–H groups in total. The number of hydrogen-bond donors (Lipinski definition) is 0. The molecule has 0 aliphatic rings. The highest BCUT2D eigenvalue weighted by Gasteiger charge is 2.33. The maximum atomic E-state index is 14.3. The van der Waals surface area contributed by atoms with Crippen LogP contribution in [0.3, 0.4) is 0 Å². The number of alkyl halides is 6. The summed E-state index contributed by atoms with van der Waals surface area (Å²) in [5.74, 6) is 0.484. The van der Waals surface area contributed by atoms with Crippen molar-refractivity contribution in [2.24, 2.45) is 0 Å². The van der Waals surface area contributed by atoms with Gasteiger partial charge in [0.05, 0.1) is 67.6 Å². The topological polar surface area (TPSA) is 59.4 Å². The summed E-state index contributed by atoms with van der Waals surface area (Å²) < 4.78 is 89.3.